The van der Waals surface area contributed by atoms with E-state index in [4.69, 9.17) is 15.7 Å². The standard InChI is InChI=1S/C15H27N3O3/c1-10-7-11(2)9-12(8-10)17-14(19)15(13(16)18-20)3-5-21-6-4-15/h10-12,20H,3-9H2,1-2H3,(H2,16,18)(H,17,19). The van der Waals surface area contributed by atoms with Gasteiger partial charge in [0.1, 0.15) is 5.41 Å². The molecule has 0 aromatic carbocycles. The minimum absolute atomic E-state index is 0.000191. The molecule has 2 aliphatic rings. The summed E-state index contributed by atoms with van der Waals surface area (Å²) in [5.41, 5.74) is 4.91. The number of rotatable bonds is 3. The number of hydrogen-bond donors (Lipinski definition) is 3. The minimum atomic E-state index is -0.920. The first-order valence-corrected chi connectivity index (χ1v) is 7.84. The molecule has 2 fully saturated rings. The van der Waals surface area contributed by atoms with Gasteiger partial charge in [0.2, 0.25) is 5.91 Å². The second-order valence-electron chi connectivity index (χ2n) is 6.77. The van der Waals surface area contributed by atoms with Crippen molar-refractivity contribution < 1.29 is 14.7 Å². The molecule has 1 saturated carbocycles. The highest BCUT2D eigenvalue weighted by molar-refractivity contribution is 6.06. The van der Waals surface area contributed by atoms with Crippen molar-refractivity contribution in [2.24, 2.45) is 28.1 Å². The van der Waals surface area contributed by atoms with Crippen molar-refractivity contribution >= 4 is 11.7 Å². The molecule has 4 N–H and O–H groups in total. The molecule has 1 aliphatic heterocycles. The van der Waals surface area contributed by atoms with Gasteiger partial charge in [-0.3, -0.25) is 4.79 Å². The van der Waals surface area contributed by atoms with Gasteiger partial charge in [0, 0.05) is 19.3 Å². The van der Waals surface area contributed by atoms with E-state index in [0.29, 0.717) is 37.9 Å². The molecule has 0 aromatic heterocycles. The fourth-order valence-electron chi connectivity index (χ4n) is 3.80. The Hall–Kier alpha value is -1.30. The zero-order valence-electron chi connectivity index (χ0n) is 13.0. The van der Waals surface area contributed by atoms with Gasteiger partial charge in [-0.1, -0.05) is 19.0 Å². The van der Waals surface area contributed by atoms with Gasteiger partial charge in [0.25, 0.3) is 0 Å². The molecule has 2 unspecified atom stereocenters. The Morgan fingerprint density at radius 1 is 1.24 bits per heavy atom. The van der Waals surface area contributed by atoms with Crippen molar-refractivity contribution in [1.29, 1.82) is 0 Å². The number of amidine groups is 1. The molecule has 1 aliphatic carbocycles. The molecule has 0 bridgehead atoms. The number of amides is 1. The largest absolute Gasteiger partial charge is 0.409 e. The van der Waals surface area contributed by atoms with Gasteiger partial charge < -0.3 is 21.0 Å². The number of carbonyl (C=O) groups excluding carboxylic acids is 1. The Bertz CT molecular complexity index is 395. The maximum absolute atomic E-state index is 12.8. The summed E-state index contributed by atoms with van der Waals surface area (Å²) in [7, 11) is 0. The maximum Gasteiger partial charge on any atom is 0.234 e. The van der Waals surface area contributed by atoms with E-state index in [9.17, 15) is 4.79 Å². The molecule has 2 atom stereocenters. The lowest BCUT2D eigenvalue weighted by Gasteiger charge is -2.38. The lowest BCUT2D eigenvalue weighted by atomic mass is 9.76. The van der Waals surface area contributed by atoms with Crippen molar-refractivity contribution in [2.75, 3.05) is 13.2 Å². The van der Waals surface area contributed by atoms with Crippen LogP contribution in [-0.2, 0) is 9.53 Å². The molecule has 21 heavy (non-hydrogen) atoms. The number of hydrogen-bond acceptors (Lipinski definition) is 4. The molecule has 6 nitrogen and oxygen atoms in total. The van der Waals surface area contributed by atoms with Crippen LogP contribution in [0.25, 0.3) is 0 Å². The van der Waals surface area contributed by atoms with Gasteiger partial charge in [-0.2, -0.15) is 0 Å². The van der Waals surface area contributed by atoms with E-state index in [0.717, 1.165) is 12.8 Å². The van der Waals surface area contributed by atoms with E-state index < -0.39 is 5.41 Å². The fourth-order valence-corrected chi connectivity index (χ4v) is 3.80. The third-order valence-electron chi connectivity index (χ3n) is 4.89. The normalized spacial score (nSPS) is 33.4. The summed E-state index contributed by atoms with van der Waals surface area (Å²) < 4.78 is 5.32. The summed E-state index contributed by atoms with van der Waals surface area (Å²) in [5.74, 6) is 1.12. The number of nitrogens with two attached hydrogens (primary N) is 1. The fraction of sp³-hybridized carbons (Fsp3) is 0.867. The van der Waals surface area contributed by atoms with E-state index in [2.05, 4.69) is 24.3 Å². The van der Waals surface area contributed by atoms with E-state index in [1.165, 1.54) is 6.42 Å². The molecular weight excluding hydrogens is 270 g/mol. The van der Waals surface area contributed by atoms with Crippen molar-refractivity contribution in [1.82, 2.24) is 5.32 Å². The van der Waals surface area contributed by atoms with Crippen LogP contribution in [0.1, 0.15) is 46.0 Å². The Morgan fingerprint density at radius 2 is 1.81 bits per heavy atom. The predicted molar refractivity (Wildman–Crippen MR) is 80.0 cm³/mol. The molecule has 1 heterocycles. The van der Waals surface area contributed by atoms with E-state index in [-0.39, 0.29) is 17.8 Å². The van der Waals surface area contributed by atoms with Gasteiger partial charge in [-0.15, -0.1) is 0 Å². The first-order valence-electron chi connectivity index (χ1n) is 7.84. The smallest absolute Gasteiger partial charge is 0.234 e. The van der Waals surface area contributed by atoms with Crippen molar-refractivity contribution in [2.45, 2.75) is 52.0 Å². The van der Waals surface area contributed by atoms with Gasteiger partial charge in [0.15, 0.2) is 5.84 Å². The third kappa shape index (κ3) is 3.48. The number of nitrogens with one attached hydrogen (secondary N) is 1. The Labute approximate surface area is 126 Å². The number of carbonyl (C=O) groups is 1. The quantitative estimate of drug-likeness (QED) is 0.318. The van der Waals surface area contributed by atoms with Crippen LogP contribution in [0.2, 0.25) is 0 Å². The van der Waals surface area contributed by atoms with Crippen LogP contribution in [0, 0.1) is 17.3 Å². The average Bonchev–Trinajstić information content (AvgIpc) is 2.46. The average molecular weight is 297 g/mol. The SMILES string of the molecule is CC1CC(C)CC(NC(=O)C2(C(N)=NO)CCOCC2)C1. The maximum atomic E-state index is 12.8. The first kappa shape index (κ1) is 16.1. The van der Waals surface area contributed by atoms with Gasteiger partial charge >= 0.3 is 0 Å². The Balaban J connectivity index is 2.08. The summed E-state index contributed by atoms with van der Waals surface area (Å²) in [6.07, 6.45) is 4.14. The van der Waals surface area contributed by atoms with Crippen LogP contribution in [-0.4, -0.2) is 36.2 Å². The van der Waals surface area contributed by atoms with Crippen LogP contribution in [0.5, 0.6) is 0 Å². The van der Waals surface area contributed by atoms with Crippen LogP contribution < -0.4 is 11.1 Å². The molecule has 0 radical (unpaired) electrons. The van der Waals surface area contributed by atoms with Gasteiger partial charge in [-0.05, 0) is 43.9 Å². The number of nitrogens with zero attached hydrogens (tertiary/aromatic N) is 1. The van der Waals surface area contributed by atoms with Crippen LogP contribution in [0.4, 0.5) is 0 Å². The van der Waals surface area contributed by atoms with E-state index in [1.54, 1.807) is 0 Å². The zero-order valence-corrected chi connectivity index (χ0v) is 13.0. The number of oxime groups is 1. The van der Waals surface area contributed by atoms with Gasteiger partial charge in [0.05, 0.1) is 0 Å². The second-order valence-corrected chi connectivity index (χ2v) is 6.77. The number of ether oxygens (including phenoxy) is 1. The van der Waals surface area contributed by atoms with E-state index in [1.807, 2.05) is 0 Å². The minimum Gasteiger partial charge on any atom is -0.409 e. The third-order valence-corrected chi connectivity index (χ3v) is 4.89. The zero-order chi connectivity index (χ0) is 15.5. The molecule has 120 valence electrons. The summed E-state index contributed by atoms with van der Waals surface area (Å²) in [6, 6.07) is 0.183. The summed E-state index contributed by atoms with van der Waals surface area (Å²) in [4.78, 5) is 12.8. The topological polar surface area (TPSA) is 96.9 Å². The molecule has 2 rings (SSSR count). The van der Waals surface area contributed by atoms with Crippen LogP contribution in [0.3, 0.4) is 0 Å². The molecule has 6 heteroatoms. The highest BCUT2D eigenvalue weighted by Gasteiger charge is 2.45. The molecule has 1 saturated heterocycles. The lowest BCUT2D eigenvalue weighted by molar-refractivity contribution is -0.132. The highest BCUT2D eigenvalue weighted by Crippen LogP contribution is 2.33. The van der Waals surface area contributed by atoms with Crippen molar-refractivity contribution in [3.8, 4) is 0 Å². The first-order chi connectivity index (χ1) is 9.98. The van der Waals surface area contributed by atoms with Crippen LogP contribution >= 0.6 is 0 Å². The highest BCUT2D eigenvalue weighted by atomic mass is 16.5. The Kier molecular flexibility index (Phi) is 5.08. The second kappa shape index (κ2) is 6.64. The molecule has 0 aromatic rings. The Morgan fingerprint density at radius 3 is 2.33 bits per heavy atom. The summed E-state index contributed by atoms with van der Waals surface area (Å²) in [6.45, 7) is 5.37. The van der Waals surface area contributed by atoms with E-state index >= 15 is 0 Å². The predicted octanol–water partition coefficient (Wildman–Crippen LogP) is 1.47. The summed E-state index contributed by atoms with van der Waals surface area (Å²) in [5, 5.41) is 15.3. The van der Waals surface area contributed by atoms with Crippen molar-refractivity contribution in [3.63, 3.8) is 0 Å². The lowest BCUT2D eigenvalue weighted by Crippen LogP contribution is -2.55. The molecule has 1 amide bonds. The summed E-state index contributed by atoms with van der Waals surface area (Å²) >= 11 is 0. The van der Waals surface area contributed by atoms with Crippen molar-refractivity contribution in [3.05, 3.63) is 0 Å². The monoisotopic (exact) mass is 297 g/mol. The van der Waals surface area contributed by atoms with Crippen LogP contribution in [0.15, 0.2) is 5.16 Å². The molecule has 0 spiro atoms. The van der Waals surface area contributed by atoms with Gasteiger partial charge in [-0.25, -0.2) is 0 Å². The molecular formula is C15H27N3O3.